The molecule has 9 nitrogen and oxygen atoms in total. The number of nitrogens with one attached hydrogen (secondary N) is 2. The molecule has 3 heterocycles. The van der Waals surface area contributed by atoms with E-state index in [4.69, 9.17) is 20.4 Å². The molecule has 0 aliphatic carbocycles. The van der Waals surface area contributed by atoms with Gasteiger partial charge in [0.1, 0.15) is 11.3 Å². The van der Waals surface area contributed by atoms with Crippen LogP contribution < -0.4 is 21.1 Å². The number of nitrogens with zero attached hydrogens (tertiary/aromatic N) is 4. The highest BCUT2D eigenvalue weighted by molar-refractivity contribution is 6.04. The van der Waals surface area contributed by atoms with E-state index in [-0.39, 0.29) is 12.1 Å². The molecule has 4 N–H and O–H groups in total. The lowest BCUT2D eigenvalue weighted by molar-refractivity contribution is 0.100. The molecule has 0 fully saturated rings. The molecule has 1 atom stereocenters. The number of hydrogen-bond donors (Lipinski definition) is 3. The number of anilines is 1. The maximum Gasteiger partial charge on any atom is 0.304 e. The Morgan fingerprint density at radius 1 is 1.18 bits per heavy atom. The molecule has 1 unspecified atom stereocenters. The van der Waals surface area contributed by atoms with Crippen molar-refractivity contribution in [1.29, 1.82) is 0 Å². The van der Waals surface area contributed by atoms with Crippen molar-refractivity contribution in [2.45, 2.75) is 25.9 Å². The van der Waals surface area contributed by atoms with Crippen molar-refractivity contribution in [1.82, 2.24) is 24.8 Å². The van der Waals surface area contributed by atoms with Gasteiger partial charge in [0.05, 0.1) is 23.9 Å². The van der Waals surface area contributed by atoms with Crippen molar-refractivity contribution in [3.63, 3.8) is 0 Å². The van der Waals surface area contributed by atoms with Crippen molar-refractivity contribution >= 4 is 22.8 Å². The molecule has 33 heavy (non-hydrogen) atoms. The Hall–Kier alpha value is -3.98. The van der Waals surface area contributed by atoms with E-state index in [1.54, 1.807) is 16.7 Å². The fraction of sp³-hybridized carbons (Fsp3) is 0.250. The topological polar surface area (TPSA) is 120 Å². The summed E-state index contributed by atoms with van der Waals surface area (Å²) in [4.78, 5) is 26.2. The molecule has 1 amide bonds. The van der Waals surface area contributed by atoms with Gasteiger partial charge in [0.25, 0.3) is 5.91 Å². The molecule has 2 aromatic heterocycles. The van der Waals surface area contributed by atoms with Crippen LogP contribution >= 0.6 is 0 Å². The molecule has 0 saturated heterocycles. The minimum atomic E-state index is -0.553. The number of primary amides is 1. The molecule has 0 radical (unpaired) electrons. The van der Waals surface area contributed by atoms with E-state index in [1.807, 2.05) is 24.3 Å². The number of hydrogen-bond acceptors (Lipinski definition) is 7. The average Bonchev–Trinajstić information content (AvgIpc) is 3.22. The zero-order valence-corrected chi connectivity index (χ0v) is 18.5. The Bertz CT molecular complexity index is 1330. The zero-order chi connectivity index (χ0) is 22.9. The SMILES string of the molecule is COc1nc2c(C(N)=O)cccc2n1-c1nc(NCc2ccccc2)c2c(n1)C(C)NCC2. The molecule has 1 aliphatic rings. The number of methoxy groups -OCH3 is 1. The van der Waals surface area contributed by atoms with Gasteiger partial charge in [-0.2, -0.15) is 9.97 Å². The van der Waals surface area contributed by atoms with Crippen LogP contribution in [0, 0.1) is 0 Å². The van der Waals surface area contributed by atoms with Gasteiger partial charge in [0.15, 0.2) is 0 Å². The van der Waals surface area contributed by atoms with Gasteiger partial charge in [-0.25, -0.2) is 9.55 Å². The number of carbonyl (C=O) groups excluding carboxylic acids is 1. The molecule has 9 heteroatoms. The second-order valence-corrected chi connectivity index (χ2v) is 7.97. The summed E-state index contributed by atoms with van der Waals surface area (Å²) in [5, 5.41) is 6.97. The quantitative estimate of drug-likeness (QED) is 0.419. The van der Waals surface area contributed by atoms with E-state index in [2.05, 4.69) is 34.7 Å². The Labute approximate surface area is 191 Å². The fourth-order valence-electron chi connectivity index (χ4n) is 4.24. The molecule has 5 rings (SSSR count). The highest BCUT2D eigenvalue weighted by Gasteiger charge is 2.26. The van der Waals surface area contributed by atoms with Crippen LogP contribution in [0.1, 0.15) is 40.1 Å². The number of para-hydroxylation sites is 1. The van der Waals surface area contributed by atoms with E-state index in [0.717, 1.165) is 35.6 Å². The molecule has 2 aromatic carbocycles. The first-order chi connectivity index (χ1) is 16.1. The summed E-state index contributed by atoms with van der Waals surface area (Å²) >= 11 is 0. The molecular weight excluding hydrogens is 418 g/mol. The van der Waals surface area contributed by atoms with E-state index in [0.29, 0.717) is 29.1 Å². The van der Waals surface area contributed by atoms with Crippen LogP contribution in [0.5, 0.6) is 6.01 Å². The number of rotatable bonds is 6. The maximum atomic E-state index is 12.0. The Balaban J connectivity index is 1.67. The van der Waals surface area contributed by atoms with Crippen LogP contribution in [-0.4, -0.2) is 39.1 Å². The first kappa shape index (κ1) is 20.9. The van der Waals surface area contributed by atoms with Crippen molar-refractivity contribution in [2.75, 3.05) is 19.0 Å². The van der Waals surface area contributed by atoms with Gasteiger partial charge in [0.2, 0.25) is 5.95 Å². The number of imidazole rings is 1. The number of carbonyl (C=O) groups is 1. The third-order valence-electron chi connectivity index (χ3n) is 5.87. The predicted molar refractivity (Wildman–Crippen MR) is 126 cm³/mol. The van der Waals surface area contributed by atoms with Gasteiger partial charge in [-0.3, -0.25) is 4.79 Å². The van der Waals surface area contributed by atoms with Crippen LogP contribution in [0.2, 0.25) is 0 Å². The summed E-state index contributed by atoms with van der Waals surface area (Å²) in [5.41, 5.74) is 10.2. The number of ether oxygens (including phenoxy) is 1. The van der Waals surface area contributed by atoms with E-state index >= 15 is 0 Å². The lowest BCUT2D eigenvalue weighted by Crippen LogP contribution is -2.30. The highest BCUT2D eigenvalue weighted by Crippen LogP contribution is 2.31. The number of amides is 1. The molecule has 0 bridgehead atoms. The van der Waals surface area contributed by atoms with Crippen molar-refractivity contribution < 1.29 is 9.53 Å². The van der Waals surface area contributed by atoms with Crippen LogP contribution in [-0.2, 0) is 13.0 Å². The first-order valence-corrected chi connectivity index (χ1v) is 10.8. The predicted octanol–water partition coefficient (Wildman–Crippen LogP) is 2.74. The molecule has 0 saturated carbocycles. The van der Waals surface area contributed by atoms with E-state index in [1.165, 1.54) is 7.11 Å². The lowest BCUT2D eigenvalue weighted by atomic mass is 10.0. The lowest BCUT2D eigenvalue weighted by Gasteiger charge is -2.25. The van der Waals surface area contributed by atoms with Crippen LogP contribution in [0.15, 0.2) is 48.5 Å². The van der Waals surface area contributed by atoms with E-state index in [9.17, 15) is 4.79 Å². The number of benzene rings is 2. The van der Waals surface area contributed by atoms with Gasteiger partial charge < -0.3 is 21.1 Å². The molecule has 4 aromatic rings. The van der Waals surface area contributed by atoms with Crippen molar-refractivity contribution in [2.24, 2.45) is 5.73 Å². The summed E-state index contributed by atoms with van der Waals surface area (Å²) in [7, 11) is 1.53. The van der Waals surface area contributed by atoms with Gasteiger partial charge in [-0.15, -0.1) is 0 Å². The van der Waals surface area contributed by atoms with Crippen LogP contribution in [0.4, 0.5) is 5.82 Å². The average molecular weight is 444 g/mol. The number of aromatic nitrogens is 4. The second kappa shape index (κ2) is 8.51. The van der Waals surface area contributed by atoms with Crippen molar-refractivity contribution in [3.8, 4) is 12.0 Å². The van der Waals surface area contributed by atoms with E-state index < -0.39 is 5.91 Å². The van der Waals surface area contributed by atoms with Gasteiger partial charge >= 0.3 is 6.01 Å². The standard InChI is InChI=1S/C24H25N7O2/c1-14-19-17(11-12-26-14)22(27-13-15-7-4-3-5-8-15)30-23(28-19)31-18-10-6-9-16(21(25)32)20(18)29-24(31)33-2/h3-10,14,26H,11-13H2,1-2H3,(H2,25,32)(H,27,28,30). The molecule has 168 valence electrons. The Morgan fingerprint density at radius 3 is 2.76 bits per heavy atom. The molecule has 1 aliphatic heterocycles. The highest BCUT2D eigenvalue weighted by atomic mass is 16.5. The molecule has 0 spiro atoms. The number of fused-ring (bicyclic) bond motifs is 2. The van der Waals surface area contributed by atoms with Crippen LogP contribution in [0.25, 0.3) is 17.0 Å². The zero-order valence-electron chi connectivity index (χ0n) is 18.5. The summed E-state index contributed by atoms with van der Waals surface area (Å²) in [6.07, 6.45) is 0.824. The van der Waals surface area contributed by atoms with Gasteiger partial charge in [-0.1, -0.05) is 36.4 Å². The largest absolute Gasteiger partial charge is 0.468 e. The fourth-order valence-corrected chi connectivity index (χ4v) is 4.24. The second-order valence-electron chi connectivity index (χ2n) is 7.97. The summed E-state index contributed by atoms with van der Waals surface area (Å²) in [5.74, 6) is 0.644. The third-order valence-corrected chi connectivity index (χ3v) is 5.87. The third kappa shape index (κ3) is 3.76. The number of nitrogens with two attached hydrogens (primary N) is 1. The first-order valence-electron chi connectivity index (χ1n) is 10.8. The van der Waals surface area contributed by atoms with Crippen molar-refractivity contribution in [3.05, 3.63) is 70.9 Å². The monoisotopic (exact) mass is 443 g/mol. The summed E-state index contributed by atoms with van der Waals surface area (Å²) in [6, 6.07) is 15.8. The maximum absolute atomic E-state index is 12.0. The summed E-state index contributed by atoms with van der Waals surface area (Å²) < 4.78 is 7.26. The minimum absolute atomic E-state index is 0.0646. The smallest absolute Gasteiger partial charge is 0.304 e. The van der Waals surface area contributed by atoms with Gasteiger partial charge in [-0.05, 0) is 37.6 Å². The van der Waals surface area contributed by atoms with Crippen LogP contribution in [0.3, 0.4) is 0 Å². The summed E-state index contributed by atoms with van der Waals surface area (Å²) in [6.45, 7) is 3.58. The normalized spacial score (nSPS) is 15.3. The van der Waals surface area contributed by atoms with Gasteiger partial charge in [0, 0.05) is 18.2 Å². The minimum Gasteiger partial charge on any atom is -0.468 e. The Kier molecular flexibility index (Phi) is 5.39. The Morgan fingerprint density at radius 2 is 2.00 bits per heavy atom. The molecular formula is C24H25N7O2.